The molecule has 0 radical (unpaired) electrons. The quantitative estimate of drug-likeness (QED) is 0.735. The Labute approximate surface area is 130 Å². The number of thiophene rings is 1. The molecule has 3 rings (SSSR count). The van der Waals surface area contributed by atoms with Gasteiger partial charge in [-0.15, -0.1) is 11.3 Å². The lowest BCUT2D eigenvalue weighted by Gasteiger charge is -2.24. The normalized spacial score (nSPS) is 18.2. The molecule has 1 aromatic carbocycles. The maximum Gasteiger partial charge on any atom is 0.256 e. The van der Waals surface area contributed by atoms with Crippen LogP contribution < -0.4 is 0 Å². The van der Waals surface area contributed by atoms with Crippen molar-refractivity contribution in [2.45, 2.75) is 18.9 Å². The molecule has 6 heteroatoms. The van der Waals surface area contributed by atoms with Crippen molar-refractivity contribution >= 4 is 28.8 Å². The summed E-state index contributed by atoms with van der Waals surface area (Å²) in [6, 6.07) is 5.63. The monoisotopic (exact) mass is 327 g/mol. The van der Waals surface area contributed by atoms with E-state index in [0.29, 0.717) is 6.54 Å². The van der Waals surface area contributed by atoms with Crippen LogP contribution in [-0.4, -0.2) is 17.4 Å². The number of benzene rings is 1. The van der Waals surface area contributed by atoms with Crippen molar-refractivity contribution in [3.05, 3.63) is 56.7 Å². The van der Waals surface area contributed by atoms with Crippen LogP contribution in [0.4, 0.5) is 8.78 Å². The number of nitrogens with zero attached hydrogens (tertiary/aromatic N) is 1. The first kappa shape index (κ1) is 14.5. The summed E-state index contributed by atoms with van der Waals surface area (Å²) in [6.45, 7) is 0.594. The Morgan fingerprint density at radius 2 is 2.10 bits per heavy atom. The van der Waals surface area contributed by atoms with Gasteiger partial charge in [0.15, 0.2) is 11.6 Å². The van der Waals surface area contributed by atoms with Crippen LogP contribution in [0.5, 0.6) is 0 Å². The van der Waals surface area contributed by atoms with Crippen molar-refractivity contribution in [3.63, 3.8) is 0 Å². The molecule has 1 aromatic heterocycles. The molecular weight excluding hydrogens is 316 g/mol. The topological polar surface area (TPSA) is 20.3 Å². The first-order chi connectivity index (χ1) is 10.1. The van der Waals surface area contributed by atoms with Crippen LogP contribution in [0, 0.1) is 11.6 Å². The van der Waals surface area contributed by atoms with E-state index < -0.39 is 11.6 Å². The van der Waals surface area contributed by atoms with Crippen molar-refractivity contribution < 1.29 is 13.6 Å². The highest BCUT2D eigenvalue weighted by atomic mass is 35.5. The van der Waals surface area contributed by atoms with Gasteiger partial charge in [0.1, 0.15) is 0 Å². The Morgan fingerprint density at radius 1 is 1.33 bits per heavy atom. The van der Waals surface area contributed by atoms with Crippen LogP contribution in [0.1, 0.15) is 34.1 Å². The van der Waals surface area contributed by atoms with Gasteiger partial charge in [0.05, 0.1) is 16.6 Å². The van der Waals surface area contributed by atoms with E-state index in [2.05, 4.69) is 0 Å². The van der Waals surface area contributed by atoms with Gasteiger partial charge in [-0.3, -0.25) is 4.79 Å². The van der Waals surface area contributed by atoms with Gasteiger partial charge in [-0.2, -0.15) is 0 Å². The molecule has 110 valence electrons. The molecule has 1 atom stereocenters. The van der Waals surface area contributed by atoms with Gasteiger partial charge in [-0.25, -0.2) is 8.78 Å². The van der Waals surface area contributed by atoms with E-state index in [1.54, 1.807) is 16.2 Å². The van der Waals surface area contributed by atoms with E-state index in [0.717, 1.165) is 29.9 Å². The minimum atomic E-state index is -1.06. The van der Waals surface area contributed by atoms with Crippen LogP contribution in [0.15, 0.2) is 29.6 Å². The van der Waals surface area contributed by atoms with E-state index in [1.807, 2.05) is 17.5 Å². The summed E-state index contributed by atoms with van der Waals surface area (Å²) in [5.41, 5.74) is 0.0130. The smallest absolute Gasteiger partial charge is 0.256 e. The Kier molecular flexibility index (Phi) is 3.95. The maximum atomic E-state index is 13.4. The average molecular weight is 328 g/mol. The average Bonchev–Trinajstić information content (AvgIpc) is 3.11. The molecule has 1 aliphatic heterocycles. The van der Waals surface area contributed by atoms with Gasteiger partial charge >= 0.3 is 0 Å². The molecule has 0 bridgehead atoms. The summed E-state index contributed by atoms with van der Waals surface area (Å²) in [5.74, 6) is -2.46. The lowest BCUT2D eigenvalue weighted by molar-refractivity contribution is 0.0737. The zero-order valence-electron chi connectivity index (χ0n) is 11.0. The lowest BCUT2D eigenvalue weighted by Crippen LogP contribution is -2.30. The summed E-state index contributed by atoms with van der Waals surface area (Å²) in [6.07, 6.45) is 1.75. The summed E-state index contributed by atoms with van der Waals surface area (Å²) in [5, 5.41) is 1.90. The molecule has 1 fully saturated rings. The fraction of sp³-hybridized carbons (Fsp3) is 0.267. The molecule has 1 aliphatic rings. The van der Waals surface area contributed by atoms with Gasteiger partial charge in [-0.05, 0) is 36.4 Å². The van der Waals surface area contributed by atoms with E-state index in [4.69, 9.17) is 11.6 Å². The van der Waals surface area contributed by atoms with E-state index in [9.17, 15) is 13.6 Å². The Bertz CT molecular complexity index is 675. The molecule has 1 saturated heterocycles. The molecule has 0 saturated carbocycles. The highest BCUT2D eigenvalue weighted by Crippen LogP contribution is 2.36. The van der Waals surface area contributed by atoms with Crippen molar-refractivity contribution in [2.75, 3.05) is 6.54 Å². The summed E-state index contributed by atoms with van der Waals surface area (Å²) < 4.78 is 26.5. The van der Waals surface area contributed by atoms with Crippen LogP contribution in [0.25, 0.3) is 0 Å². The number of carbonyl (C=O) groups is 1. The molecule has 0 spiro atoms. The van der Waals surface area contributed by atoms with E-state index in [1.165, 1.54) is 0 Å². The molecule has 0 unspecified atom stereocenters. The SMILES string of the molecule is O=C(c1cc(F)c(F)cc1Cl)N1CCC[C@@H]1c1cccs1. The Hall–Kier alpha value is -1.46. The van der Waals surface area contributed by atoms with E-state index >= 15 is 0 Å². The van der Waals surface area contributed by atoms with Crippen molar-refractivity contribution in [3.8, 4) is 0 Å². The zero-order chi connectivity index (χ0) is 15.0. The fourth-order valence-corrected chi connectivity index (χ4v) is 3.73. The van der Waals surface area contributed by atoms with Crippen molar-refractivity contribution in [1.29, 1.82) is 0 Å². The van der Waals surface area contributed by atoms with Crippen LogP contribution in [0.2, 0.25) is 5.02 Å². The molecule has 21 heavy (non-hydrogen) atoms. The predicted octanol–water partition coefficient (Wildman–Crippen LogP) is 4.66. The van der Waals surface area contributed by atoms with Gasteiger partial charge in [0.2, 0.25) is 0 Å². The summed E-state index contributed by atoms with van der Waals surface area (Å²) in [4.78, 5) is 15.4. The van der Waals surface area contributed by atoms with Crippen LogP contribution in [0.3, 0.4) is 0 Å². The number of rotatable bonds is 2. The summed E-state index contributed by atoms with van der Waals surface area (Å²) in [7, 11) is 0. The second-order valence-corrected chi connectivity index (χ2v) is 6.30. The molecule has 1 amide bonds. The van der Waals surface area contributed by atoms with Gasteiger partial charge in [0.25, 0.3) is 5.91 Å². The zero-order valence-corrected chi connectivity index (χ0v) is 12.6. The molecular formula is C15H12ClF2NOS. The number of carbonyl (C=O) groups excluding carboxylic acids is 1. The molecule has 0 aliphatic carbocycles. The standard InChI is InChI=1S/C15H12ClF2NOS/c16-10-8-12(18)11(17)7-9(10)15(20)19-5-1-3-13(19)14-4-2-6-21-14/h2,4,6-8,13H,1,3,5H2/t13-/m1/s1. The Morgan fingerprint density at radius 3 is 2.81 bits per heavy atom. The minimum Gasteiger partial charge on any atom is -0.331 e. The Balaban J connectivity index is 1.93. The van der Waals surface area contributed by atoms with Crippen LogP contribution in [-0.2, 0) is 0 Å². The number of hydrogen-bond acceptors (Lipinski definition) is 2. The third-order valence-corrected chi connectivity index (χ3v) is 4.91. The third kappa shape index (κ3) is 2.68. The first-order valence-corrected chi connectivity index (χ1v) is 7.82. The first-order valence-electron chi connectivity index (χ1n) is 6.57. The van der Waals surface area contributed by atoms with Crippen molar-refractivity contribution in [2.24, 2.45) is 0 Å². The van der Waals surface area contributed by atoms with Crippen LogP contribution >= 0.6 is 22.9 Å². The molecule has 2 aromatic rings. The summed E-state index contributed by atoms with van der Waals surface area (Å²) >= 11 is 7.48. The van der Waals surface area contributed by atoms with E-state index in [-0.39, 0.29) is 22.5 Å². The predicted molar refractivity (Wildman–Crippen MR) is 78.7 cm³/mol. The highest BCUT2D eigenvalue weighted by Gasteiger charge is 2.32. The maximum absolute atomic E-state index is 13.4. The number of amides is 1. The van der Waals surface area contributed by atoms with Gasteiger partial charge in [-0.1, -0.05) is 17.7 Å². The second kappa shape index (κ2) is 5.73. The highest BCUT2D eigenvalue weighted by molar-refractivity contribution is 7.10. The van der Waals surface area contributed by atoms with Gasteiger partial charge in [0, 0.05) is 11.4 Å². The number of halogens is 3. The van der Waals surface area contributed by atoms with Crippen molar-refractivity contribution in [1.82, 2.24) is 4.90 Å². The molecule has 2 nitrogen and oxygen atoms in total. The number of hydrogen-bond donors (Lipinski definition) is 0. The lowest BCUT2D eigenvalue weighted by atomic mass is 10.1. The molecule has 0 N–H and O–H groups in total. The molecule has 2 heterocycles. The fourth-order valence-electron chi connectivity index (χ4n) is 2.63. The largest absolute Gasteiger partial charge is 0.331 e. The van der Waals surface area contributed by atoms with Gasteiger partial charge < -0.3 is 4.90 Å². The minimum absolute atomic E-state index is 0.0123. The second-order valence-electron chi connectivity index (χ2n) is 4.92. The third-order valence-electron chi connectivity index (χ3n) is 3.63. The number of likely N-dealkylation sites (tertiary alicyclic amines) is 1.